The number of aryl methyl sites for hydroxylation is 1. The van der Waals surface area contributed by atoms with Gasteiger partial charge in [-0.05, 0) is 24.6 Å². The lowest BCUT2D eigenvalue weighted by Crippen LogP contribution is -2.28. The van der Waals surface area contributed by atoms with Crippen LogP contribution in [0.2, 0.25) is 0 Å². The summed E-state index contributed by atoms with van der Waals surface area (Å²) < 4.78 is 13.0. The summed E-state index contributed by atoms with van der Waals surface area (Å²) in [6.45, 7) is 2.59. The van der Waals surface area contributed by atoms with Crippen molar-refractivity contribution in [1.82, 2.24) is 4.90 Å². The predicted molar refractivity (Wildman–Crippen MR) is 59.5 cm³/mol. The maximum absolute atomic E-state index is 13.0. The Kier molecular flexibility index (Phi) is 2.95. The molecule has 0 aliphatic carbocycles. The molecule has 0 N–H and O–H groups in total. The molecule has 1 aromatic carbocycles. The third-order valence-electron chi connectivity index (χ3n) is 2.47. The Labute approximate surface area is 92.5 Å². The quantitative estimate of drug-likeness (QED) is 0.731. The van der Waals surface area contributed by atoms with Gasteiger partial charge in [-0.25, -0.2) is 4.39 Å². The molecule has 80 valence electrons. The van der Waals surface area contributed by atoms with Crippen LogP contribution in [0.25, 0.3) is 0 Å². The molecule has 0 unspecified atom stereocenters. The molecule has 2 nitrogen and oxygen atoms in total. The first-order valence-electron chi connectivity index (χ1n) is 4.81. The maximum atomic E-state index is 13.0. The SMILES string of the molecule is Cc1ccc(F)cc1C(=O)N1CCSC1. The summed E-state index contributed by atoms with van der Waals surface area (Å²) in [5.41, 5.74) is 1.32. The Morgan fingerprint density at radius 3 is 3.00 bits per heavy atom. The fourth-order valence-electron chi connectivity index (χ4n) is 1.57. The number of amides is 1. The second-order valence-electron chi connectivity index (χ2n) is 3.57. The normalized spacial score (nSPS) is 15.7. The van der Waals surface area contributed by atoms with E-state index in [4.69, 9.17) is 0 Å². The van der Waals surface area contributed by atoms with Gasteiger partial charge in [-0.2, -0.15) is 0 Å². The van der Waals surface area contributed by atoms with Crippen LogP contribution in [-0.2, 0) is 0 Å². The molecule has 1 aliphatic rings. The molecule has 1 fully saturated rings. The summed E-state index contributed by atoms with van der Waals surface area (Å²) in [5.74, 6) is 1.28. The van der Waals surface area contributed by atoms with Crippen molar-refractivity contribution in [2.24, 2.45) is 0 Å². The highest BCUT2D eigenvalue weighted by atomic mass is 32.2. The molecule has 1 aromatic rings. The molecule has 0 aromatic heterocycles. The van der Waals surface area contributed by atoms with Crippen molar-refractivity contribution in [3.05, 3.63) is 35.1 Å². The molecule has 2 rings (SSSR count). The van der Waals surface area contributed by atoms with Crippen LogP contribution in [0.3, 0.4) is 0 Å². The molecule has 1 aliphatic heterocycles. The molecule has 0 bridgehead atoms. The highest BCUT2D eigenvalue weighted by Crippen LogP contribution is 2.19. The van der Waals surface area contributed by atoms with Crippen LogP contribution in [0, 0.1) is 12.7 Å². The van der Waals surface area contributed by atoms with Crippen LogP contribution in [-0.4, -0.2) is 29.0 Å². The highest BCUT2D eigenvalue weighted by Gasteiger charge is 2.21. The van der Waals surface area contributed by atoms with E-state index in [1.807, 2.05) is 6.92 Å². The van der Waals surface area contributed by atoms with Crippen molar-refractivity contribution >= 4 is 17.7 Å². The summed E-state index contributed by atoms with van der Waals surface area (Å²) in [4.78, 5) is 13.7. The molecule has 0 atom stereocenters. The number of benzene rings is 1. The second-order valence-corrected chi connectivity index (χ2v) is 4.64. The first-order chi connectivity index (χ1) is 7.18. The Morgan fingerprint density at radius 2 is 2.33 bits per heavy atom. The molecule has 0 spiro atoms. The van der Waals surface area contributed by atoms with Crippen molar-refractivity contribution in [1.29, 1.82) is 0 Å². The van der Waals surface area contributed by atoms with Gasteiger partial charge in [0.2, 0.25) is 0 Å². The van der Waals surface area contributed by atoms with Crippen molar-refractivity contribution in [3.63, 3.8) is 0 Å². The minimum atomic E-state index is -0.351. The molecule has 15 heavy (non-hydrogen) atoms. The van der Waals surface area contributed by atoms with E-state index in [0.29, 0.717) is 5.56 Å². The summed E-state index contributed by atoms with van der Waals surface area (Å²) >= 11 is 1.73. The van der Waals surface area contributed by atoms with Gasteiger partial charge in [0.25, 0.3) is 5.91 Å². The van der Waals surface area contributed by atoms with E-state index < -0.39 is 0 Å². The first-order valence-corrected chi connectivity index (χ1v) is 5.97. The van der Waals surface area contributed by atoms with Gasteiger partial charge in [-0.15, -0.1) is 11.8 Å². The van der Waals surface area contributed by atoms with Crippen LogP contribution in [0.4, 0.5) is 4.39 Å². The number of thioether (sulfide) groups is 1. The molecule has 0 radical (unpaired) electrons. The zero-order chi connectivity index (χ0) is 10.8. The van der Waals surface area contributed by atoms with E-state index in [-0.39, 0.29) is 11.7 Å². The van der Waals surface area contributed by atoms with E-state index in [1.54, 1.807) is 22.7 Å². The number of halogens is 1. The number of hydrogen-bond donors (Lipinski definition) is 0. The average Bonchev–Trinajstić information content (AvgIpc) is 2.74. The molecular formula is C11H12FNOS. The van der Waals surface area contributed by atoms with Crippen LogP contribution < -0.4 is 0 Å². The monoisotopic (exact) mass is 225 g/mol. The van der Waals surface area contributed by atoms with Gasteiger partial charge in [0.15, 0.2) is 0 Å². The number of rotatable bonds is 1. The average molecular weight is 225 g/mol. The second kappa shape index (κ2) is 4.23. The summed E-state index contributed by atoms with van der Waals surface area (Å²) in [6, 6.07) is 4.34. The van der Waals surface area contributed by atoms with Gasteiger partial charge >= 0.3 is 0 Å². The molecule has 1 saturated heterocycles. The summed E-state index contributed by atoms with van der Waals surface area (Å²) in [5, 5.41) is 0. The van der Waals surface area contributed by atoms with Gasteiger partial charge in [-0.1, -0.05) is 6.07 Å². The standard InChI is InChI=1S/C11H12FNOS/c1-8-2-3-9(12)6-10(8)11(14)13-4-5-15-7-13/h2-3,6H,4-5,7H2,1H3. The van der Waals surface area contributed by atoms with Crippen LogP contribution in [0.5, 0.6) is 0 Å². The lowest BCUT2D eigenvalue weighted by molar-refractivity contribution is 0.0801. The van der Waals surface area contributed by atoms with Crippen molar-refractivity contribution in [2.45, 2.75) is 6.92 Å². The number of carbonyl (C=O) groups excluding carboxylic acids is 1. The van der Waals surface area contributed by atoms with Gasteiger partial charge in [-0.3, -0.25) is 4.79 Å². The highest BCUT2D eigenvalue weighted by molar-refractivity contribution is 7.99. The first kappa shape index (κ1) is 10.5. The van der Waals surface area contributed by atoms with Gasteiger partial charge in [0, 0.05) is 17.9 Å². The van der Waals surface area contributed by atoms with Crippen molar-refractivity contribution in [3.8, 4) is 0 Å². The zero-order valence-electron chi connectivity index (χ0n) is 8.50. The van der Waals surface area contributed by atoms with Gasteiger partial charge in [0.05, 0.1) is 5.88 Å². The summed E-state index contributed by atoms with van der Waals surface area (Å²) in [7, 11) is 0. The summed E-state index contributed by atoms with van der Waals surface area (Å²) in [6.07, 6.45) is 0. The largest absolute Gasteiger partial charge is 0.329 e. The van der Waals surface area contributed by atoms with Crippen LogP contribution in [0.15, 0.2) is 18.2 Å². The van der Waals surface area contributed by atoms with E-state index in [1.165, 1.54) is 12.1 Å². The van der Waals surface area contributed by atoms with Crippen LogP contribution in [0.1, 0.15) is 15.9 Å². The Morgan fingerprint density at radius 1 is 1.53 bits per heavy atom. The lowest BCUT2D eigenvalue weighted by atomic mass is 10.1. The predicted octanol–water partition coefficient (Wildman–Crippen LogP) is 2.28. The fourth-order valence-corrected chi connectivity index (χ4v) is 2.51. The number of carbonyl (C=O) groups is 1. The van der Waals surface area contributed by atoms with E-state index in [0.717, 1.165) is 23.7 Å². The lowest BCUT2D eigenvalue weighted by Gasteiger charge is -2.15. The number of hydrogen-bond acceptors (Lipinski definition) is 2. The minimum Gasteiger partial charge on any atom is -0.329 e. The Hall–Kier alpha value is -1.03. The third kappa shape index (κ3) is 2.15. The minimum absolute atomic E-state index is 0.0583. The third-order valence-corrected chi connectivity index (χ3v) is 3.44. The fraction of sp³-hybridized carbons (Fsp3) is 0.364. The van der Waals surface area contributed by atoms with Gasteiger partial charge in [0.1, 0.15) is 5.82 Å². The molecule has 1 amide bonds. The van der Waals surface area contributed by atoms with E-state index in [9.17, 15) is 9.18 Å². The molecule has 4 heteroatoms. The maximum Gasteiger partial charge on any atom is 0.254 e. The Bertz CT molecular complexity index is 388. The number of nitrogens with zero attached hydrogens (tertiary/aromatic N) is 1. The van der Waals surface area contributed by atoms with Gasteiger partial charge < -0.3 is 4.90 Å². The molecular weight excluding hydrogens is 213 g/mol. The zero-order valence-corrected chi connectivity index (χ0v) is 9.31. The Balaban J connectivity index is 2.27. The van der Waals surface area contributed by atoms with Crippen LogP contribution >= 0.6 is 11.8 Å². The molecule has 1 heterocycles. The van der Waals surface area contributed by atoms with Crippen molar-refractivity contribution < 1.29 is 9.18 Å². The topological polar surface area (TPSA) is 20.3 Å². The molecule has 0 saturated carbocycles. The van der Waals surface area contributed by atoms with E-state index in [2.05, 4.69) is 0 Å². The van der Waals surface area contributed by atoms with E-state index >= 15 is 0 Å². The smallest absolute Gasteiger partial charge is 0.254 e. The van der Waals surface area contributed by atoms with Crippen molar-refractivity contribution in [2.75, 3.05) is 18.2 Å².